The molecule has 4 nitrogen and oxygen atoms in total. The zero-order valence-electron chi connectivity index (χ0n) is 7.32. The van der Waals surface area contributed by atoms with Gasteiger partial charge >= 0.3 is 111 Å². The summed E-state index contributed by atoms with van der Waals surface area (Å²) in [6, 6.07) is 0. The van der Waals surface area contributed by atoms with Gasteiger partial charge < -0.3 is 0 Å². The summed E-state index contributed by atoms with van der Waals surface area (Å²) in [5.74, 6) is -1.78. The first-order valence-electron chi connectivity index (χ1n) is 3.29. The molecule has 0 radical (unpaired) electrons. The molecule has 0 fully saturated rings. The molecule has 0 heterocycles. The fourth-order valence-electron chi connectivity index (χ4n) is 0.372. The molecule has 0 unspecified atom stereocenters. The Bertz CT molecular complexity index is 147. The number of carboxylic acids is 2. The van der Waals surface area contributed by atoms with Crippen LogP contribution in [0.1, 0.15) is 12.8 Å². The minimum Gasteiger partial charge on any atom is 1.00 e. The normalized spacial score (nSPS) is 8.92. The molecule has 0 aliphatic rings. The number of rotatable bonds is 7. The Kier molecular flexibility index (Phi) is 14.0. The second-order valence-corrected chi connectivity index (χ2v) is 9.75. The molecule has 70 valence electrons. The van der Waals surface area contributed by atoms with Crippen LogP contribution in [-0.2, 0) is 9.59 Å². The van der Waals surface area contributed by atoms with Gasteiger partial charge in [-0.1, -0.05) is 0 Å². The molecule has 0 bridgehead atoms. The van der Waals surface area contributed by atoms with E-state index in [1.165, 1.54) is 0 Å². The van der Waals surface area contributed by atoms with Crippen molar-refractivity contribution in [3.8, 4) is 0 Å². The van der Waals surface area contributed by atoms with Gasteiger partial charge in [0.15, 0.2) is 0 Å². The summed E-state index contributed by atoms with van der Waals surface area (Å²) >= 11 is 0.656. The molecular weight excluding hydrogens is 317 g/mol. The summed E-state index contributed by atoms with van der Waals surface area (Å²) in [6.07, 6.45) is 0.335. The van der Waals surface area contributed by atoms with Gasteiger partial charge in [0.2, 0.25) is 0 Å². The van der Waals surface area contributed by atoms with Crippen molar-refractivity contribution >= 4 is 38.2 Å². The van der Waals surface area contributed by atoms with Crippen LogP contribution in [0.2, 0.25) is 10.6 Å². The summed E-state index contributed by atoms with van der Waals surface area (Å²) in [5, 5.41) is 19.6. The summed E-state index contributed by atoms with van der Waals surface area (Å²) in [5.41, 5.74) is 0. The first-order valence-corrected chi connectivity index (χ1v) is 10.0. The third-order valence-electron chi connectivity index (χ3n) is 0.872. The van der Waals surface area contributed by atoms with Gasteiger partial charge in [-0.15, -0.1) is 0 Å². The van der Waals surface area contributed by atoms with Crippen molar-refractivity contribution in [2.45, 2.75) is 23.5 Å². The fraction of sp³-hybridized carbons (Fsp3) is 0.667. The van der Waals surface area contributed by atoms with Crippen molar-refractivity contribution in [3.05, 3.63) is 0 Å². The molecule has 0 atom stereocenters. The van der Waals surface area contributed by atoms with Gasteiger partial charge in [0.05, 0.1) is 0 Å². The summed E-state index contributed by atoms with van der Waals surface area (Å²) in [7, 11) is 0. The smallest absolute Gasteiger partial charge is 1.00 e. The summed E-state index contributed by atoms with van der Waals surface area (Å²) in [6.45, 7) is 0. The third kappa shape index (κ3) is 15.7. The van der Waals surface area contributed by atoms with Crippen LogP contribution in [0.5, 0.6) is 0 Å². The molecule has 13 heavy (non-hydrogen) atoms. The number of carbonyl (C=O) groups excluding carboxylic acids is 1. The van der Waals surface area contributed by atoms with Crippen molar-refractivity contribution in [1.82, 2.24) is 0 Å². The van der Waals surface area contributed by atoms with E-state index in [9.17, 15) is 14.7 Å². The van der Waals surface area contributed by atoms with Crippen LogP contribution < -0.4 is 34.7 Å². The molecule has 0 rings (SSSR count). The van der Waals surface area contributed by atoms with Crippen LogP contribution in [0.3, 0.4) is 0 Å². The molecule has 0 saturated carbocycles. The Morgan fingerprint density at radius 3 is 2.00 bits per heavy atom. The maximum absolute atomic E-state index is 10.1. The van der Waals surface area contributed by atoms with Gasteiger partial charge in [-0.3, -0.25) is 0 Å². The van der Waals surface area contributed by atoms with E-state index in [4.69, 9.17) is 5.11 Å². The SMILES string of the molecule is O=C([O-])CC[Se][Se]CCC(=O)O.[Na+]. The second-order valence-electron chi connectivity index (χ2n) is 1.91. The number of carboxylic acid groups (broad SMARTS) is 2. The van der Waals surface area contributed by atoms with E-state index in [1.807, 2.05) is 0 Å². The van der Waals surface area contributed by atoms with Gasteiger partial charge in [0, 0.05) is 0 Å². The average molecular weight is 326 g/mol. The molecule has 1 N–H and O–H groups in total. The first kappa shape index (κ1) is 16.4. The van der Waals surface area contributed by atoms with Gasteiger partial charge in [-0.25, -0.2) is 0 Å². The number of hydrogen-bond acceptors (Lipinski definition) is 3. The fourth-order valence-corrected chi connectivity index (χ4v) is 6.32. The summed E-state index contributed by atoms with van der Waals surface area (Å²) in [4.78, 5) is 20.0. The Morgan fingerprint density at radius 1 is 1.15 bits per heavy atom. The van der Waals surface area contributed by atoms with Crippen LogP contribution in [0.15, 0.2) is 0 Å². The van der Waals surface area contributed by atoms with E-state index in [0.717, 1.165) is 5.32 Å². The van der Waals surface area contributed by atoms with E-state index in [2.05, 4.69) is 0 Å². The minimum atomic E-state index is -1.01. The van der Waals surface area contributed by atoms with Gasteiger partial charge in [0.25, 0.3) is 0 Å². The number of hydrogen-bond donors (Lipinski definition) is 1. The van der Waals surface area contributed by atoms with Crippen molar-refractivity contribution in [2.24, 2.45) is 0 Å². The molecule has 0 aromatic heterocycles. The van der Waals surface area contributed by atoms with E-state index in [-0.39, 0.29) is 42.4 Å². The first-order chi connectivity index (χ1) is 5.63. The molecule has 0 saturated heterocycles. The quantitative estimate of drug-likeness (QED) is 0.380. The van der Waals surface area contributed by atoms with E-state index in [1.54, 1.807) is 0 Å². The summed E-state index contributed by atoms with van der Waals surface area (Å²) < 4.78 is 0. The molecule has 0 aromatic rings. The topological polar surface area (TPSA) is 77.4 Å². The Morgan fingerprint density at radius 2 is 1.62 bits per heavy atom. The van der Waals surface area contributed by atoms with Crippen molar-refractivity contribution < 1.29 is 49.4 Å². The van der Waals surface area contributed by atoms with Crippen LogP contribution >= 0.6 is 0 Å². The molecular formula is C6H9NaO4Se2. The molecule has 0 aliphatic carbocycles. The Hall–Kier alpha value is 0.979. The van der Waals surface area contributed by atoms with Crippen molar-refractivity contribution in [3.63, 3.8) is 0 Å². The van der Waals surface area contributed by atoms with E-state index < -0.39 is 11.9 Å². The standard InChI is InChI=1S/C6H10O4Se2.Na/c7-5(8)1-3-11-12-4-2-6(9)10;/h1-4H2,(H,7,8)(H,9,10);/q;+1/p-1. The number of aliphatic carboxylic acids is 2. The molecule has 0 amide bonds. The molecule has 7 heteroatoms. The molecule has 0 spiro atoms. The zero-order chi connectivity index (χ0) is 9.40. The van der Waals surface area contributed by atoms with Crippen LogP contribution in [0, 0.1) is 0 Å². The third-order valence-corrected chi connectivity index (χ3v) is 8.23. The van der Waals surface area contributed by atoms with Crippen LogP contribution in [0.4, 0.5) is 0 Å². The second kappa shape index (κ2) is 11.1. The largest absolute Gasteiger partial charge is 1.00 e. The predicted octanol–water partition coefficient (Wildman–Crippen LogP) is -4.23. The predicted molar refractivity (Wildman–Crippen MR) is 43.0 cm³/mol. The van der Waals surface area contributed by atoms with Crippen LogP contribution in [0.25, 0.3) is 0 Å². The Labute approximate surface area is 110 Å². The average Bonchev–Trinajstić information content (AvgIpc) is 1.95. The monoisotopic (exact) mass is 328 g/mol. The van der Waals surface area contributed by atoms with E-state index >= 15 is 0 Å². The molecule has 0 aliphatic heterocycles. The van der Waals surface area contributed by atoms with Gasteiger partial charge in [0.1, 0.15) is 0 Å². The Balaban J connectivity index is 0. The van der Waals surface area contributed by atoms with Crippen molar-refractivity contribution in [2.75, 3.05) is 0 Å². The van der Waals surface area contributed by atoms with Gasteiger partial charge in [-0.05, 0) is 0 Å². The zero-order valence-corrected chi connectivity index (χ0v) is 12.7. The molecule has 0 aromatic carbocycles. The maximum Gasteiger partial charge on any atom is 1.00 e. The maximum atomic E-state index is 10.1. The van der Waals surface area contributed by atoms with Gasteiger partial charge in [-0.2, -0.15) is 0 Å². The van der Waals surface area contributed by atoms with Crippen LogP contribution in [-0.4, -0.2) is 43.3 Å². The van der Waals surface area contributed by atoms with E-state index in [0.29, 0.717) is 31.6 Å². The minimum absolute atomic E-state index is 0. The van der Waals surface area contributed by atoms with Crippen molar-refractivity contribution in [1.29, 1.82) is 0 Å². The number of carbonyl (C=O) groups is 2.